The van der Waals surface area contributed by atoms with E-state index in [0.29, 0.717) is 24.8 Å². The smallest absolute Gasteiger partial charge is 0.321 e. The van der Waals surface area contributed by atoms with E-state index in [9.17, 15) is 9.59 Å². The first kappa shape index (κ1) is 22.0. The average Bonchev–Trinajstić information content (AvgIpc) is 3.22. The molecule has 1 aliphatic heterocycles. The SMILES string of the molecule is COC(=O)CCNC(=O)N1C[C@@H](CCl)c2c1cc(OCc1ccccc1)c1ccccc21. The molecule has 0 radical (unpaired) electrons. The summed E-state index contributed by atoms with van der Waals surface area (Å²) in [6, 6.07) is 19.6. The Morgan fingerprint density at radius 3 is 2.53 bits per heavy atom. The fraction of sp³-hybridized carbons (Fsp3) is 0.280. The molecule has 32 heavy (non-hydrogen) atoms. The largest absolute Gasteiger partial charge is 0.488 e. The molecule has 3 aromatic carbocycles. The fourth-order valence-electron chi connectivity index (χ4n) is 4.05. The van der Waals surface area contributed by atoms with E-state index >= 15 is 0 Å². The predicted octanol–water partition coefficient (Wildman–Crippen LogP) is 4.83. The summed E-state index contributed by atoms with van der Waals surface area (Å²) >= 11 is 6.30. The summed E-state index contributed by atoms with van der Waals surface area (Å²) in [7, 11) is 1.33. The number of rotatable bonds is 7. The molecule has 0 aromatic heterocycles. The number of hydrogen-bond acceptors (Lipinski definition) is 4. The zero-order valence-electron chi connectivity index (χ0n) is 17.8. The van der Waals surface area contributed by atoms with Gasteiger partial charge in [0, 0.05) is 36.3 Å². The van der Waals surface area contributed by atoms with Gasteiger partial charge in [0.1, 0.15) is 12.4 Å². The molecular weight excluding hydrogens is 428 g/mol. The second-order valence-electron chi connectivity index (χ2n) is 7.65. The third kappa shape index (κ3) is 4.50. The van der Waals surface area contributed by atoms with Gasteiger partial charge in [-0.05, 0) is 16.5 Å². The number of hydrogen-bond donors (Lipinski definition) is 1. The number of benzene rings is 3. The van der Waals surface area contributed by atoms with Crippen LogP contribution in [0, 0.1) is 0 Å². The maximum atomic E-state index is 12.9. The maximum Gasteiger partial charge on any atom is 0.321 e. The first-order valence-electron chi connectivity index (χ1n) is 10.5. The van der Waals surface area contributed by atoms with Gasteiger partial charge in [-0.2, -0.15) is 0 Å². The van der Waals surface area contributed by atoms with Crippen LogP contribution in [0.3, 0.4) is 0 Å². The summed E-state index contributed by atoms with van der Waals surface area (Å²) in [5.41, 5.74) is 2.90. The number of nitrogens with one attached hydrogen (secondary N) is 1. The van der Waals surface area contributed by atoms with E-state index in [2.05, 4.69) is 10.1 Å². The Balaban J connectivity index is 1.66. The molecule has 3 aromatic rings. The van der Waals surface area contributed by atoms with Crippen molar-refractivity contribution in [3.05, 3.63) is 71.8 Å². The lowest BCUT2D eigenvalue weighted by Gasteiger charge is -2.20. The van der Waals surface area contributed by atoms with Gasteiger partial charge in [-0.3, -0.25) is 9.69 Å². The van der Waals surface area contributed by atoms with Gasteiger partial charge < -0.3 is 14.8 Å². The molecule has 4 rings (SSSR count). The number of amides is 2. The molecule has 0 fully saturated rings. The first-order chi connectivity index (χ1) is 15.6. The highest BCUT2D eigenvalue weighted by molar-refractivity contribution is 6.19. The number of ether oxygens (including phenoxy) is 2. The highest BCUT2D eigenvalue weighted by Gasteiger charge is 2.34. The minimum absolute atomic E-state index is 0.00565. The van der Waals surface area contributed by atoms with E-state index in [4.69, 9.17) is 16.3 Å². The summed E-state index contributed by atoms with van der Waals surface area (Å²) in [4.78, 5) is 26.0. The van der Waals surface area contributed by atoms with Crippen LogP contribution in [0.1, 0.15) is 23.5 Å². The average molecular weight is 453 g/mol. The van der Waals surface area contributed by atoms with Crippen LogP contribution >= 0.6 is 11.6 Å². The Bertz CT molecular complexity index is 1120. The Morgan fingerprint density at radius 2 is 1.81 bits per heavy atom. The molecule has 6 nitrogen and oxygen atoms in total. The molecule has 1 aliphatic rings. The fourth-order valence-corrected chi connectivity index (χ4v) is 4.31. The lowest BCUT2D eigenvalue weighted by atomic mass is 9.95. The minimum atomic E-state index is -0.367. The molecule has 1 heterocycles. The van der Waals surface area contributed by atoms with Gasteiger partial charge in [0.05, 0.1) is 19.2 Å². The van der Waals surface area contributed by atoms with Gasteiger partial charge in [0.2, 0.25) is 0 Å². The number of fused-ring (bicyclic) bond motifs is 3. The monoisotopic (exact) mass is 452 g/mol. The van der Waals surface area contributed by atoms with Crippen molar-refractivity contribution in [2.24, 2.45) is 0 Å². The molecule has 0 saturated carbocycles. The van der Waals surface area contributed by atoms with Crippen molar-refractivity contribution < 1.29 is 19.1 Å². The number of methoxy groups -OCH3 is 1. The number of halogens is 1. The normalized spacial score (nSPS) is 14.8. The van der Waals surface area contributed by atoms with E-state index in [1.54, 1.807) is 4.90 Å². The summed E-state index contributed by atoms with van der Waals surface area (Å²) in [6.45, 7) is 1.09. The quantitative estimate of drug-likeness (QED) is 0.411. The van der Waals surface area contributed by atoms with Gasteiger partial charge in [-0.25, -0.2) is 4.79 Å². The summed E-state index contributed by atoms with van der Waals surface area (Å²) in [5.74, 6) is 0.748. The maximum absolute atomic E-state index is 12.9. The van der Waals surface area contributed by atoms with Crippen molar-refractivity contribution in [1.29, 1.82) is 0 Å². The van der Waals surface area contributed by atoms with E-state index in [0.717, 1.165) is 27.6 Å². The zero-order chi connectivity index (χ0) is 22.5. The number of carbonyl (C=O) groups excluding carboxylic acids is 2. The van der Waals surface area contributed by atoms with Crippen LogP contribution in [0.4, 0.5) is 10.5 Å². The molecule has 0 unspecified atom stereocenters. The van der Waals surface area contributed by atoms with Gasteiger partial charge in [-0.15, -0.1) is 11.6 Å². The first-order valence-corrected chi connectivity index (χ1v) is 11.1. The molecule has 1 N–H and O–H groups in total. The minimum Gasteiger partial charge on any atom is -0.488 e. The molecule has 2 amide bonds. The molecule has 0 aliphatic carbocycles. The molecule has 1 atom stereocenters. The molecule has 0 bridgehead atoms. The molecule has 0 spiro atoms. The Morgan fingerprint density at radius 1 is 1.09 bits per heavy atom. The summed E-state index contributed by atoms with van der Waals surface area (Å²) in [5, 5.41) is 4.83. The molecule has 166 valence electrons. The molecule has 7 heteroatoms. The number of nitrogens with zero attached hydrogens (tertiary/aromatic N) is 1. The van der Waals surface area contributed by atoms with Crippen LogP contribution in [0.5, 0.6) is 5.75 Å². The van der Waals surface area contributed by atoms with Crippen LogP contribution in [-0.2, 0) is 16.1 Å². The van der Waals surface area contributed by atoms with Crippen LogP contribution in [-0.4, -0.2) is 38.1 Å². The van der Waals surface area contributed by atoms with E-state index < -0.39 is 0 Å². The topological polar surface area (TPSA) is 67.9 Å². The van der Waals surface area contributed by atoms with Gasteiger partial charge >= 0.3 is 12.0 Å². The van der Waals surface area contributed by atoms with Crippen molar-refractivity contribution in [3.63, 3.8) is 0 Å². The van der Waals surface area contributed by atoms with Crippen LogP contribution < -0.4 is 15.0 Å². The van der Waals surface area contributed by atoms with Crippen molar-refractivity contribution in [2.75, 3.05) is 31.0 Å². The highest BCUT2D eigenvalue weighted by atomic mass is 35.5. The lowest BCUT2D eigenvalue weighted by Crippen LogP contribution is -2.40. The van der Waals surface area contributed by atoms with Crippen molar-refractivity contribution in [1.82, 2.24) is 5.32 Å². The van der Waals surface area contributed by atoms with E-state index in [-0.39, 0.29) is 30.9 Å². The second-order valence-corrected chi connectivity index (χ2v) is 7.96. The van der Waals surface area contributed by atoms with E-state index in [1.165, 1.54) is 7.11 Å². The number of anilines is 1. The third-order valence-electron chi connectivity index (χ3n) is 5.63. The van der Waals surface area contributed by atoms with Crippen LogP contribution in [0.15, 0.2) is 60.7 Å². The summed E-state index contributed by atoms with van der Waals surface area (Å²) in [6.07, 6.45) is 0.116. The van der Waals surface area contributed by atoms with Crippen molar-refractivity contribution in [3.8, 4) is 5.75 Å². The van der Waals surface area contributed by atoms with Crippen LogP contribution in [0.25, 0.3) is 10.8 Å². The number of esters is 1. The summed E-state index contributed by atoms with van der Waals surface area (Å²) < 4.78 is 10.8. The Kier molecular flexibility index (Phi) is 6.81. The Hall–Kier alpha value is -3.25. The second kappa shape index (κ2) is 9.92. The zero-order valence-corrected chi connectivity index (χ0v) is 18.6. The van der Waals surface area contributed by atoms with E-state index in [1.807, 2.05) is 60.7 Å². The lowest BCUT2D eigenvalue weighted by molar-refractivity contribution is -0.140. The number of urea groups is 1. The number of carbonyl (C=O) groups is 2. The van der Waals surface area contributed by atoms with Crippen molar-refractivity contribution in [2.45, 2.75) is 18.9 Å². The third-order valence-corrected chi connectivity index (χ3v) is 6.00. The van der Waals surface area contributed by atoms with Gasteiger partial charge in [0.15, 0.2) is 0 Å². The highest BCUT2D eigenvalue weighted by Crippen LogP contribution is 2.45. The number of alkyl halides is 1. The van der Waals surface area contributed by atoms with Crippen molar-refractivity contribution >= 4 is 40.1 Å². The predicted molar refractivity (Wildman–Crippen MR) is 126 cm³/mol. The van der Waals surface area contributed by atoms with Gasteiger partial charge in [0.25, 0.3) is 0 Å². The Labute approximate surface area is 192 Å². The van der Waals surface area contributed by atoms with Crippen LogP contribution in [0.2, 0.25) is 0 Å². The molecular formula is C25H25ClN2O4. The standard InChI is InChI=1S/C25H25ClN2O4/c1-31-23(29)11-12-27-25(30)28-15-18(14-26)24-20-10-6-5-9-19(20)22(13-21(24)28)32-16-17-7-3-2-4-8-17/h2-10,13,18H,11-12,14-16H2,1H3,(H,27,30)/t18-/m1/s1. The molecule has 0 saturated heterocycles. The van der Waals surface area contributed by atoms with Gasteiger partial charge in [-0.1, -0.05) is 54.6 Å².